The Morgan fingerprint density at radius 2 is 2.06 bits per heavy atom. The maximum atomic E-state index is 12.5. The Bertz CT molecular complexity index is 1220. The number of nitrogen functional groups attached to an aromatic ring is 1. The van der Waals surface area contributed by atoms with Crippen LogP contribution < -0.4 is 16.7 Å². The molecule has 12 nitrogen and oxygen atoms in total. The largest absolute Gasteiger partial charge is 0.458 e. The van der Waals surface area contributed by atoms with E-state index in [4.69, 9.17) is 25.1 Å². The molecule has 5 N–H and O–H groups in total. The average Bonchev–Trinajstić information content (AvgIpc) is 3.46. The van der Waals surface area contributed by atoms with Crippen molar-refractivity contribution < 1.29 is 23.2 Å². The monoisotopic (exact) mass is 487 g/mol. The Kier molecular flexibility index (Phi) is 7.35. The maximum absolute atomic E-state index is 12.5. The summed E-state index contributed by atoms with van der Waals surface area (Å²) in [6, 6.07) is 8.47. The molecule has 2 heterocycles. The minimum absolute atomic E-state index is 0.0180. The maximum Gasteiger partial charge on any atom is 0.458 e. The van der Waals surface area contributed by atoms with Crippen molar-refractivity contribution in [2.24, 2.45) is 11.4 Å². The molecular weight excluding hydrogens is 461 g/mol. The molecule has 0 saturated heterocycles. The van der Waals surface area contributed by atoms with Crippen LogP contribution in [0.25, 0.3) is 11.2 Å². The molecule has 1 aliphatic rings. The second-order valence-electron chi connectivity index (χ2n) is 7.89. The molecule has 4 atom stereocenters. The standard InChI is InChI=1S/C21H26N7O5P/c1-14(27-31-10-15-5-3-2-4-6-15)21(29)33-34(23,30)32-11-16-7-8-17(9-16)28-13-26-18-19(22)24-12-25-20(18)28/h2-8,12-14,16-17,27H,9-11H2,1H3,(H2,23,30)(H2,22,24,25)/t14-,16+,17-,34?/m1/s1. The highest BCUT2D eigenvalue weighted by Gasteiger charge is 2.30. The van der Waals surface area contributed by atoms with Gasteiger partial charge in [-0.1, -0.05) is 42.5 Å². The average molecular weight is 487 g/mol. The van der Waals surface area contributed by atoms with Gasteiger partial charge in [0.1, 0.15) is 17.9 Å². The summed E-state index contributed by atoms with van der Waals surface area (Å²) in [4.78, 5) is 30.0. The number of carbonyl (C=O) groups is 1. The number of aromatic nitrogens is 4. The molecule has 0 spiro atoms. The first kappa shape index (κ1) is 24.0. The van der Waals surface area contributed by atoms with Gasteiger partial charge in [0.05, 0.1) is 25.6 Å². The summed E-state index contributed by atoms with van der Waals surface area (Å²) in [6.45, 7) is 1.77. The van der Waals surface area contributed by atoms with Gasteiger partial charge in [-0.2, -0.15) is 5.48 Å². The van der Waals surface area contributed by atoms with E-state index in [2.05, 4.69) is 20.4 Å². The third-order valence-corrected chi connectivity index (χ3v) is 6.22. The lowest BCUT2D eigenvalue weighted by Gasteiger charge is -2.19. The third kappa shape index (κ3) is 5.85. The number of nitrogens with one attached hydrogen (secondary N) is 1. The number of allylic oxidation sites excluding steroid dienone is 1. The number of imidazole rings is 1. The van der Waals surface area contributed by atoms with Gasteiger partial charge < -0.3 is 14.8 Å². The van der Waals surface area contributed by atoms with E-state index in [9.17, 15) is 9.36 Å². The number of hydrogen-bond acceptors (Lipinski definition) is 10. The summed E-state index contributed by atoms with van der Waals surface area (Å²) in [5, 5.41) is 0. The summed E-state index contributed by atoms with van der Waals surface area (Å²) in [5.41, 5.74) is 16.1. The molecule has 4 rings (SSSR count). The molecule has 0 fully saturated rings. The van der Waals surface area contributed by atoms with Crippen LogP contribution in [0.5, 0.6) is 0 Å². The summed E-state index contributed by atoms with van der Waals surface area (Å²) >= 11 is 0. The van der Waals surface area contributed by atoms with Crippen LogP contribution in [-0.2, 0) is 29.9 Å². The predicted octanol–water partition coefficient (Wildman–Crippen LogP) is 2.26. The number of anilines is 1. The molecule has 1 aliphatic carbocycles. The minimum atomic E-state index is -4.11. The van der Waals surface area contributed by atoms with Crippen molar-refractivity contribution in [3.63, 3.8) is 0 Å². The van der Waals surface area contributed by atoms with Gasteiger partial charge in [0.25, 0.3) is 0 Å². The fourth-order valence-corrected chi connectivity index (χ4v) is 4.36. The molecule has 3 aromatic rings. The molecule has 1 unspecified atom stereocenters. The summed E-state index contributed by atoms with van der Waals surface area (Å²) in [6.07, 6.45) is 7.56. The summed E-state index contributed by atoms with van der Waals surface area (Å²) < 4.78 is 24.5. The molecule has 0 amide bonds. The lowest BCUT2D eigenvalue weighted by Crippen LogP contribution is -2.35. The highest BCUT2D eigenvalue weighted by molar-refractivity contribution is 7.51. The SMILES string of the molecule is C[C@@H](NOCc1ccccc1)C(=O)OP(N)(=O)OC[C@H]1C=C[C@@H](n2cnc3c(N)ncnc32)C1. The lowest BCUT2D eigenvalue weighted by molar-refractivity contribution is -0.141. The number of nitrogens with zero attached hydrogens (tertiary/aromatic N) is 4. The number of hydroxylamine groups is 1. The Morgan fingerprint density at radius 1 is 1.26 bits per heavy atom. The van der Waals surface area contributed by atoms with Crippen molar-refractivity contribution in [3.8, 4) is 0 Å². The second kappa shape index (κ2) is 10.4. The van der Waals surface area contributed by atoms with Gasteiger partial charge in [0, 0.05) is 5.92 Å². The normalized spacial score (nSPS) is 20.3. The predicted molar refractivity (Wildman–Crippen MR) is 124 cm³/mol. The van der Waals surface area contributed by atoms with Crippen molar-refractivity contribution in [1.82, 2.24) is 25.0 Å². The Balaban J connectivity index is 1.23. The fraction of sp³-hybridized carbons (Fsp3) is 0.333. The van der Waals surface area contributed by atoms with E-state index in [-0.39, 0.29) is 25.2 Å². The van der Waals surface area contributed by atoms with Crippen molar-refractivity contribution >= 4 is 30.7 Å². The first-order chi connectivity index (χ1) is 16.3. The van der Waals surface area contributed by atoms with Crippen molar-refractivity contribution in [2.45, 2.75) is 32.0 Å². The van der Waals surface area contributed by atoms with Crippen LogP contribution in [0.2, 0.25) is 0 Å². The number of hydrogen-bond donors (Lipinski definition) is 3. The highest BCUT2D eigenvalue weighted by atomic mass is 31.2. The number of benzene rings is 1. The smallest absolute Gasteiger partial charge is 0.382 e. The molecule has 13 heteroatoms. The third-order valence-electron chi connectivity index (χ3n) is 5.28. The molecular formula is C21H26N7O5P. The quantitative estimate of drug-likeness (QED) is 0.218. The van der Waals surface area contributed by atoms with Gasteiger partial charge in [-0.05, 0) is 18.9 Å². The van der Waals surface area contributed by atoms with Gasteiger partial charge in [0.15, 0.2) is 11.5 Å². The van der Waals surface area contributed by atoms with Gasteiger partial charge >= 0.3 is 13.7 Å². The van der Waals surface area contributed by atoms with E-state index >= 15 is 0 Å². The molecule has 0 saturated carbocycles. The van der Waals surface area contributed by atoms with Gasteiger partial charge in [-0.25, -0.2) is 29.8 Å². The van der Waals surface area contributed by atoms with Crippen LogP contribution in [0.3, 0.4) is 0 Å². The van der Waals surface area contributed by atoms with E-state index < -0.39 is 19.8 Å². The van der Waals surface area contributed by atoms with Crippen LogP contribution in [0.1, 0.15) is 24.9 Å². The van der Waals surface area contributed by atoms with E-state index in [1.807, 2.05) is 47.1 Å². The Hall–Kier alpha value is -3.15. The van der Waals surface area contributed by atoms with Gasteiger partial charge in [-0.15, -0.1) is 0 Å². The Labute approximate surface area is 195 Å². The summed E-state index contributed by atoms with van der Waals surface area (Å²) in [5.74, 6) is -0.631. The Morgan fingerprint density at radius 3 is 2.85 bits per heavy atom. The van der Waals surface area contributed by atoms with Crippen molar-refractivity contribution in [3.05, 3.63) is 60.7 Å². The molecule has 0 bridgehead atoms. The van der Waals surface area contributed by atoms with Crippen LogP contribution in [-0.4, -0.2) is 38.1 Å². The number of carbonyl (C=O) groups excluding carboxylic acids is 1. The van der Waals surface area contributed by atoms with Gasteiger partial charge in [0.2, 0.25) is 0 Å². The fourth-order valence-electron chi connectivity index (χ4n) is 3.50. The zero-order chi connectivity index (χ0) is 24.1. The first-order valence-electron chi connectivity index (χ1n) is 10.6. The molecule has 180 valence electrons. The lowest BCUT2D eigenvalue weighted by atomic mass is 10.1. The van der Waals surface area contributed by atoms with Crippen LogP contribution in [0, 0.1) is 5.92 Å². The first-order valence-corrected chi connectivity index (χ1v) is 12.2. The van der Waals surface area contributed by atoms with E-state index in [1.165, 1.54) is 13.3 Å². The van der Waals surface area contributed by atoms with Crippen molar-refractivity contribution in [1.29, 1.82) is 0 Å². The number of nitrogens with two attached hydrogens (primary N) is 2. The zero-order valence-electron chi connectivity index (χ0n) is 18.5. The molecule has 1 aromatic carbocycles. The van der Waals surface area contributed by atoms with Crippen LogP contribution >= 0.6 is 7.75 Å². The second-order valence-corrected chi connectivity index (χ2v) is 9.41. The minimum Gasteiger partial charge on any atom is -0.382 e. The van der Waals surface area contributed by atoms with Crippen LogP contribution in [0.4, 0.5) is 5.82 Å². The number of rotatable bonds is 10. The molecule has 2 aromatic heterocycles. The zero-order valence-corrected chi connectivity index (χ0v) is 19.4. The van der Waals surface area contributed by atoms with Crippen LogP contribution in [0.15, 0.2) is 55.1 Å². The van der Waals surface area contributed by atoms with Gasteiger partial charge in [-0.3, -0.25) is 9.36 Å². The number of fused-ring (bicyclic) bond motifs is 1. The van der Waals surface area contributed by atoms with E-state index in [0.717, 1.165) is 5.56 Å². The van der Waals surface area contributed by atoms with E-state index in [0.29, 0.717) is 23.4 Å². The van der Waals surface area contributed by atoms with E-state index in [1.54, 1.807) is 6.33 Å². The topological polar surface area (TPSA) is 170 Å². The highest BCUT2D eigenvalue weighted by Crippen LogP contribution is 2.41. The van der Waals surface area contributed by atoms with Crippen molar-refractivity contribution in [2.75, 3.05) is 12.3 Å². The molecule has 0 radical (unpaired) electrons. The summed E-state index contributed by atoms with van der Waals surface area (Å²) in [7, 11) is -4.11. The molecule has 34 heavy (non-hydrogen) atoms. The molecule has 0 aliphatic heterocycles.